The highest BCUT2D eigenvalue weighted by Crippen LogP contribution is 2.44. The van der Waals surface area contributed by atoms with E-state index in [0.717, 1.165) is 5.56 Å². The predicted molar refractivity (Wildman–Crippen MR) is 73.2 cm³/mol. The van der Waals surface area contributed by atoms with Crippen molar-refractivity contribution in [1.29, 1.82) is 0 Å². The van der Waals surface area contributed by atoms with Gasteiger partial charge in [-0.25, -0.2) is 0 Å². The summed E-state index contributed by atoms with van der Waals surface area (Å²) >= 11 is 0. The van der Waals surface area contributed by atoms with E-state index in [1.54, 1.807) is 6.92 Å². The van der Waals surface area contributed by atoms with Crippen LogP contribution in [0.2, 0.25) is 0 Å². The number of alkyl halides is 3. The topological polar surface area (TPSA) is 29.5 Å². The lowest BCUT2D eigenvalue weighted by molar-refractivity contribution is -0.248. The molecule has 1 N–H and O–H groups in total. The molecule has 0 heterocycles. The third-order valence-electron chi connectivity index (χ3n) is 3.37. The Balaban J connectivity index is 2.64. The molecule has 21 heavy (non-hydrogen) atoms. The molecule has 0 aliphatic rings. The Morgan fingerprint density at radius 3 is 2.10 bits per heavy atom. The van der Waals surface area contributed by atoms with Crippen LogP contribution in [0, 0.1) is 6.92 Å². The SMILES string of the molecule is COc1cccc(C(O)(c2ccc(C)cc2)C(F)(F)F)c1. The number of hydrogen-bond donors (Lipinski definition) is 1. The van der Waals surface area contributed by atoms with Gasteiger partial charge in [0.1, 0.15) is 5.75 Å². The van der Waals surface area contributed by atoms with Crippen LogP contribution in [0.5, 0.6) is 5.75 Å². The lowest BCUT2D eigenvalue weighted by atomic mass is 9.85. The smallest absolute Gasteiger partial charge is 0.425 e. The molecule has 0 saturated heterocycles. The second kappa shape index (κ2) is 5.41. The molecular weight excluding hydrogens is 281 g/mol. The lowest BCUT2D eigenvalue weighted by Gasteiger charge is -2.31. The molecule has 0 amide bonds. The number of rotatable bonds is 3. The van der Waals surface area contributed by atoms with Crippen molar-refractivity contribution in [2.75, 3.05) is 7.11 Å². The van der Waals surface area contributed by atoms with Crippen molar-refractivity contribution in [1.82, 2.24) is 0 Å². The zero-order valence-electron chi connectivity index (χ0n) is 11.6. The molecule has 0 spiro atoms. The van der Waals surface area contributed by atoms with Crippen LogP contribution < -0.4 is 4.74 Å². The molecule has 5 heteroatoms. The third kappa shape index (κ3) is 2.74. The first-order valence-corrected chi connectivity index (χ1v) is 6.30. The fourth-order valence-corrected chi connectivity index (χ4v) is 2.14. The molecule has 2 nitrogen and oxygen atoms in total. The molecule has 0 radical (unpaired) electrons. The van der Waals surface area contributed by atoms with E-state index in [2.05, 4.69) is 0 Å². The number of hydrogen-bond acceptors (Lipinski definition) is 2. The Hall–Kier alpha value is -2.01. The third-order valence-corrected chi connectivity index (χ3v) is 3.37. The van der Waals surface area contributed by atoms with E-state index in [0.29, 0.717) is 0 Å². The van der Waals surface area contributed by atoms with Gasteiger partial charge in [-0.05, 0) is 24.6 Å². The zero-order chi connectivity index (χ0) is 15.7. The summed E-state index contributed by atoms with van der Waals surface area (Å²) < 4.78 is 45.5. The van der Waals surface area contributed by atoms with Crippen molar-refractivity contribution in [3.8, 4) is 5.75 Å². The van der Waals surface area contributed by atoms with Gasteiger partial charge in [0.2, 0.25) is 5.60 Å². The van der Waals surface area contributed by atoms with Gasteiger partial charge in [0, 0.05) is 5.56 Å². The Morgan fingerprint density at radius 2 is 1.57 bits per heavy atom. The second-order valence-electron chi connectivity index (χ2n) is 4.81. The first-order valence-electron chi connectivity index (χ1n) is 6.30. The molecule has 112 valence electrons. The van der Waals surface area contributed by atoms with E-state index in [1.165, 1.54) is 55.6 Å². The molecule has 1 atom stereocenters. The van der Waals surface area contributed by atoms with E-state index < -0.39 is 11.8 Å². The van der Waals surface area contributed by atoms with Crippen molar-refractivity contribution in [3.63, 3.8) is 0 Å². The van der Waals surface area contributed by atoms with Crippen LogP contribution in [0.25, 0.3) is 0 Å². The number of benzene rings is 2. The van der Waals surface area contributed by atoms with Gasteiger partial charge >= 0.3 is 6.18 Å². The quantitative estimate of drug-likeness (QED) is 0.933. The highest BCUT2D eigenvalue weighted by molar-refractivity contribution is 5.42. The van der Waals surface area contributed by atoms with E-state index in [4.69, 9.17) is 4.74 Å². The minimum absolute atomic E-state index is 0.228. The normalized spacial score (nSPS) is 14.6. The van der Waals surface area contributed by atoms with Gasteiger partial charge < -0.3 is 9.84 Å². The molecule has 2 rings (SSSR count). The molecule has 0 bridgehead atoms. The van der Waals surface area contributed by atoms with Crippen molar-refractivity contribution in [2.24, 2.45) is 0 Å². The Bertz CT molecular complexity index is 620. The number of aryl methyl sites for hydroxylation is 1. The Kier molecular flexibility index (Phi) is 3.96. The molecular formula is C16H15F3O2. The van der Waals surface area contributed by atoms with Crippen LogP contribution >= 0.6 is 0 Å². The summed E-state index contributed by atoms with van der Waals surface area (Å²) in [5, 5.41) is 10.4. The minimum Gasteiger partial charge on any atom is -0.497 e. The summed E-state index contributed by atoms with van der Waals surface area (Å²) in [4.78, 5) is 0. The van der Waals surface area contributed by atoms with E-state index in [-0.39, 0.29) is 16.9 Å². The Morgan fingerprint density at radius 1 is 0.952 bits per heavy atom. The number of methoxy groups -OCH3 is 1. The van der Waals surface area contributed by atoms with Crippen LogP contribution in [-0.4, -0.2) is 18.4 Å². The minimum atomic E-state index is -4.85. The molecule has 0 aliphatic carbocycles. The predicted octanol–water partition coefficient (Wildman–Crippen LogP) is 3.80. The Labute approximate surface area is 120 Å². The summed E-state index contributed by atoms with van der Waals surface area (Å²) in [6, 6.07) is 11.0. The van der Waals surface area contributed by atoms with Crippen molar-refractivity contribution in [3.05, 3.63) is 65.2 Å². The van der Waals surface area contributed by atoms with Crippen LogP contribution in [0.4, 0.5) is 13.2 Å². The molecule has 2 aromatic rings. The maximum absolute atomic E-state index is 13.5. The zero-order valence-corrected chi connectivity index (χ0v) is 11.6. The van der Waals surface area contributed by atoms with E-state index >= 15 is 0 Å². The summed E-state index contributed by atoms with van der Waals surface area (Å²) in [6.45, 7) is 1.77. The number of ether oxygens (including phenoxy) is 1. The first kappa shape index (κ1) is 15.4. The van der Waals surface area contributed by atoms with Crippen molar-refractivity contribution in [2.45, 2.75) is 18.7 Å². The molecule has 0 aromatic heterocycles. The van der Waals surface area contributed by atoms with Crippen LogP contribution in [0.3, 0.4) is 0 Å². The molecule has 1 unspecified atom stereocenters. The second-order valence-corrected chi connectivity index (χ2v) is 4.81. The largest absolute Gasteiger partial charge is 0.497 e. The fraction of sp³-hybridized carbons (Fsp3) is 0.250. The number of aliphatic hydroxyl groups is 1. The molecule has 0 aliphatic heterocycles. The number of halogens is 3. The van der Waals surface area contributed by atoms with Gasteiger partial charge in [0.05, 0.1) is 7.11 Å². The van der Waals surface area contributed by atoms with Gasteiger partial charge in [-0.3, -0.25) is 0 Å². The lowest BCUT2D eigenvalue weighted by Crippen LogP contribution is -2.43. The first-order chi connectivity index (χ1) is 9.79. The van der Waals surface area contributed by atoms with Gasteiger partial charge in [0.15, 0.2) is 0 Å². The summed E-state index contributed by atoms with van der Waals surface area (Å²) in [7, 11) is 1.36. The van der Waals surface area contributed by atoms with Gasteiger partial charge in [-0.15, -0.1) is 0 Å². The molecule has 0 fully saturated rings. The highest BCUT2D eigenvalue weighted by atomic mass is 19.4. The summed E-state index contributed by atoms with van der Waals surface area (Å²) in [5.41, 5.74) is -2.77. The van der Waals surface area contributed by atoms with E-state index in [9.17, 15) is 18.3 Å². The average molecular weight is 296 g/mol. The maximum Gasteiger partial charge on any atom is 0.425 e. The average Bonchev–Trinajstić information content (AvgIpc) is 2.46. The van der Waals surface area contributed by atoms with Crippen LogP contribution in [0.15, 0.2) is 48.5 Å². The molecule has 2 aromatic carbocycles. The fourth-order valence-electron chi connectivity index (χ4n) is 2.14. The van der Waals surface area contributed by atoms with Crippen molar-refractivity contribution >= 4 is 0 Å². The highest BCUT2D eigenvalue weighted by Gasteiger charge is 2.56. The van der Waals surface area contributed by atoms with Crippen molar-refractivity contribution < 1.29 is 23.0 Å². The summed E-state index contributed by atoms with van der Waals surface area (Å²) in [5.74, 6) is 0.252. The van der Waals surface area contributed by atoms with Crippen LogP contribution in [0.1, 0.15) is 16.7 Å². The van der Waals surface area contributed by atoms with Gasteiger partial charge in [-0.2, -0.15) is 13.2 Å². The van der Waals surface area contributed by atoms with E-state index in [1.807, 2.05) is 0 Å². The van der Waals surface area contributed by atoms with Gasteiger partial charge in [-0.1, -0.05) is 42.0 Å². The standard InChI is InChI=1S/C16H15F3O2/c1-11-6-8-12(9-7-11)15(20,16(17,18)19)13-4-3-5-14(10-13)21-2/h3-10,20H,1-2H3. The van der Waals surface area contributed by atoms with Crippen LogP contribution in [-0.2, 0) is 5.60 Å². The monoisotopic (exact) mass is 296 g/mol. The maximum atomic E-state index is 13.5. The summed E-state index contributed by atoms with van der Waals surface area (Å²) in [6.07, 6.45) is -4.85. The molecule has 0 saturated carbocycles. The van der Waals surface area contributed by atoms with Gasteiger partial charge in [0.25, 0.3) is 0 Å².